The third-order valence-corrected chi connectivity index (χ3v) is 6.06. The first-order valence-electron chi connectivity index (χ1n) is 8.83. The minimum absolute atomic E-state index is 0.113. The summed E-state index contributed by atoms with van der Waals surface area (Å²) < 4.78 is 40.6. The summed E-state index contributed by atoms with van der Waals surface area (Å²) in [7, 11) is 0. The zero-order chi connectivity index (χ0) is 21.7. The lowest BCUT2D eigenvalue weighted by molar-refractivity contribution is -0.138. The van der Waals surface area contributed by atoms with Crippen molar-refractivity contribution >= 4 is 29.0 Å². The molecule has 2 heterocycles. The first-order chi connectivity index (χ1) is 14.3. The van der Waals surface area contributed by atoms with Crippen LogP contribution in [0.4, 0.5) is 13.2 Å². The Balaban J connectivity index is 1.83. The molecule has 0 unspecified atom stereocenters. The number of nitrogens with one attached hydrogen (secondary N) is 1. The van der Waals surface area contributed by atoms with Gasteiger partial charge in [0.15, 0.2) is 0 Å². The van der Waals surface area contributed by atoms with Gasteiger partial charge < -0.3 is 5.32 Å². The molecule has 0 spiro atoms. The number of hydrogen-bond donors (Lipinski definition) is 1. The number of alkyl halides is 3. The largest absolute Gasteiger partial charge is 0.417 e. The highest BCUT2D eigenvalue weighted by Crippen LogP contribution is 2.38. The minimum atomic E-state index is -4.71. The number of carbonyl (C=O) groups excluding carboxylic acids is 1. The Morgan fingerprint density at radius 3 is 2.60 bits per heavy atom. The number of nitrogens with zero attached hydrogens (tertiary/aromatic N) is 2. The van der Waals surface area contributed by atoms with Crippen LogP contribution >= 0.6 is 23.1 Å². The number of aromatic nitrogens is 1. The van der Waals surface area contributed by atoms with Crippen molar-refractivity contribution in [3.8, 4) is 16.6 Å². The van der Waals surface area contributed by atoms with E-state index in [1.54, 1.807) is 23.6 Å². The third kappa shape index (κ3) is 5.20. The number of amides is 1. The highest BCUT2D eigenvalue weighted by Gasteiger charge is 2.36. The number of hydrogen-bond acceptors (Lipinski definition) is 5. The summed E-state index contributed by atoms with van der Waals surface area (Å²) in [4.78, 5) is 17.1. The molecule has 3 rings (SSSR count). The Morgan fingerprint density at radius 2 is 2.00 bits per heavy atom. The van der Waals surface area contributed by atoms with Gasteiger partial charge in [0, 0.05) is 0 Å². The molecule has 2 aromatic heterocycles. The van der Waals surface area contributed by atoms with E-state index in [1.165, 1.54) is 11.3 Å². The predicted molar refractivity (Wildman–Crippen MR) is 111 cm³/mol. The monoisotopic (exact) mass is 447 g/mol. The predicted octanol–water partition coefficient (Wildman–Crippen LogP) is 5.67. The van der Waals surface area contributed by atoms with Gasteiger partial charge in [0.2, 0.25) is 5.91 Å². The van der Waals surface area contributed by atoms with Gasteiger partial charge in [-0.1, -0.05) is 48.2 Å². The second kappa shape index (κ2) is 9.32. The summed E-state index contributed by atoms with van der Waals surface area (Å²) in [6.45, 7) is 1.82. The zero-order valence-corrected chi connectivity index (χ0v) is 17.4. The SMILES string of the molecule is C[C@H](NC(=O)CSc1nc(-c2cccs2)cc(C(F)(F)F)c1C#N)c1ccccc1. The van der Waals surface area contributed by atoms with Crippen LogP contribution in [-0.4, -0.2) is 16.6 Å². The maximum atomic E-state index is 13.5. The number of nitriles is 1. The number of thiophene rings is 1. The molecule has 0 radical (unpaired) electrons. The lowest BCUT2D eigenvalue weighted by Crippen LogP contribution is -2.28. The summed E-state index contributed by atoms with van der Waals surface area (Å²) in [5.41, 5.74) is -0.594. The van der Waals surface area contributed by atoms with Crippen LogP contribution in [0.15, 0.2) is 58.9 Å². The number of rotatable bonds is 6. The van der Waals surface area contributed by atoms with E-state index in [9.17, 15) is 23.2 Å². The van der Waals surface area contributed by atoms with Crippen molar-refractivity contribution in [2.45, 2.75) is 24.2 Å². The molecule has 4 nitrogen and oxygen atoms in total. The van der Waals surface area contributed by atoms with Crippen molar-refractivity contribution in [3.63, 3.8) is 0 Å². The third-order valence-electron chi connectivity index (χ3n) is 4.19. The standard InChI is InChI=1S/C21H16F3N3OS2/c1-13(14-6-3-2-4-7-14)26-19(28)12-30-20-15(11-25)16(21(22,23)24)10-17(27-20)18-8-5-9-29-18/h2-10,13H,12H2,1H3,(H,26,28)/t13-/m0/s1. The summed E-state index contributed by atoms with van der Waals surface area (Å²) in [5, 5.41) is 13.8. The van der Waals surface area contributed by atoms with Crippen LogP contribution in [-0.2, 0) is 11.0 Å². The lowest BCUT2D eigenvalue weighted by Gasteiger charge is -2.15. The number of thioether (sulfide) groups is 1. The molecule has 0 aliphatic carbocycles. The first kappa shape index (κ1) is 21.9. The van der Waals surface area contributed by atoms with Gasteiger partial charge in [-0.15, -0.1) is 11.3 Å². The van der Waals surface area contributed by atoms with Gasteiger partial charge in [0.1, 0.15) is 11.1 Å². The maximum Gasteiger partial charge on any atom is 0.417 e. The number of halogens is 3. The molecule has 0 saturated heterocycles. The van der Waals surface area contributed by atoms with E-state index in [-0.39, 0.29) is 28.4 Å². The van der Waals surface area contributed by atoms with Crippen LogP contribution in [0.3, 0.4) is 0 Å². The van der Waals surface area contributed by atoms with Gasteiger partial charge >= 0.3 is 6.18 Å². The Bertz CT molecular complexity index is 1060. The van der Waals surface area contributed by atoms with Gasteiger partial charge in [-0.2, -0.15) is 18.4 Å². The number of pyridine rings is 1. The van der Waals surface area contributed by atoms with Crippen LogP contribution in [0.5, 0.6) is 0 Å². The van der Waals surface area contributed by atoms with Crippen molar-refractivity contribution in [3.05, 3.63) is 70.6 Å². The molecular formula is C21H16F3N3OS2. The van der Waals surface area contributed by atoms with Crippen molar-refractivity contribution < 1.29 is 18.0 Å². The normalized spacial score (nSPS) is 12.2. The van der Waals surface area contributed by atoms with E-state index in [1.807, 2.05) is 37.3 Å². The van der Waals surface area contributed by atoms with Crippen LogP contribution in [0.25, 0.3) is 10.6 Å². The Kier molecular flexibility index (Phi) is 6.80. The number of carbonyl (C=O) groups is 1. The molecule has 0 fully saturated rings. The average Bonchev–Trinajstić information content (AvgIpc) is 3.26. The minimum Gasteiger partial charge on any atom is -0.349 e. The number of benzene rings is 1. The van der Waals surface area contributed by atoms with Gasteiger partial charge in [-0.3, -0.25) is 4.79 Å². The Labute approximate surface area is 179 Å². The molecule has 1 N–H and O–H groups in total. The van der Waals surface area contributed by atoms with E-state index < -0.39 is 17.3 Å². The second-order valence-electron chi connectivity index (χ2n) is 6.31. The second-order valence-corrected chi connectivity index (χ2v) is 8.22. The molecule has 1 aromatic carbocycles. The topological polar surface area (TPSA) is 65.8 Å². The molecule has 0 saturated carbocycles. The van der Waals surface area contributed by atoms with Crippen molar-refractivity contribution in [1.82, 2.24) is 10.3 Å². The van der Waals surface area contributed by atoms with Gasteiger partial charge in [-0.05, 0) is 30.0 Å². The fourth-order valence-electron chi connectivity index (χ4n) is 2.75. The van der Waals surface area contributed by atoms with Crippen molar-refractivity contribution in [2.24, 2.45) is 0 Å². The van der Waals surface area contributed by atoms with Crippen LogP contribution in [0.2, 0.25) is 0 Å². The molecule has 0 bridgehead atoms. The molecule has 1 amide bonds. The zero-order valence-electron chi connectivity index (χ0n) is 15.7. The Morgan fingerprint density at radius 1 is 1.27 bits per heavy atom. The molecule has 3 aromatic rings. The fourth-order valence-corrected chi connectivity index (χ4v) is 4.25. The van der Waals surface area contributed by atoms with E-state index in [2.05, 4.69) is 10.3 Å². The van der Waals surface area contributed by atoms with Crippen LogP contribution in [0.1, 0.15) is 29.7 Å². The summed E-state index contributed by atoms with van der Waals surface area (Å²) in [5.74, 6) is -0.526. The molecule has 154 valence electrons. The summed E-state index contributed by atoms with van der Waals surface area (Å²) in [6.07, 6.45) is -4.71. The smallest absolute Gasteiger partial charge is 0.349 e. The molecule has 0 aliphatic rings. The van der Waals surface area contributed by atoms with Crippen molar-refractivity contribution in [2.75, 3.05) is 5.75 Å². The first-order valence-corrected chi connectivity index (χ1v) is 10.7. The van der Waals surface area contributed by atoms with E-state index in [0.29, 0.717) is 4.88 Å². The molecule has 30 heavy (non-hydrogen) atoms. The average molecular weight is 448 g/mol. The van der Waals surface area contributed by atoms with Crippen LogP contribution in [0, 0.1) is 11.3 Å². The van der Waals surface area contributed by atoms with E-state index in [4.69, 9.17) is 0 Å². The van der Waals surface area contributed by atoms with Gasteiger partial charge in [0.25, 0.3) is 0 Å². The molecule has 0 aliphatic heterocycles. The molecule has 9 heteroatoms. The van der Waals surface area contributed by atoms with E-state index in [0.717, 1.165) is 23.4 Å². The lowest BCUT2D eigenvalue weighted by atomic mass is 10.1. The summed E-state index contributed by atoms with van der Waals surface area (Å²) >= 11 is 2.06. The fraction of sp³-hybridized carbons (Fsp3) is 0.190. The van der Waals surface area contributed by atoms with E-state index >= 15 is 0 Å². The quantitative estimate of drug-likeness (QED) is 0.495. The maximum absolute atomic E-state index is 13.5. The molecular weight excluding hydrogens is 431 g/mol. The highest BCUT2D eigenvalue weighted by molar-refractivity contribution is 8.00. The highest BCUT2D eigenvalue weighted by atomic mass is 32.2. The Hall–Kier alpha value is -2.83. The van der Waals surface area contributed by atoms with Gasteiger partial charge in [0.05, 0.1) is 33.5 Å². The summed E-state index contributed by atoms with van der Waals surface area (Å²) in [6, 6.07) is 14.9. The molecule has 1 atom stereocenters. The van der Waals surface area contributed by atoms with Crippen molar-refractivity contribution in [1.29, 1.82) is 5.26 Å². The van der Waals surface area contributed by atoms with Gasteiger partial charge in [-0.25, -0.2) is 4.98 Å². The van der Waals surface area contributed by atoms with Crippen LogP contribution < -0.4 is 5.32 Å².